The van der Waals surface area contributed by atoms with Gasteiger partial charge in [-0.2, -0.15) is 0 Å². The van der Waals surface area contributed by atoms with E-state index in [4.69, 9.17) is 10.5 Å². The molecule has 112 valence electrons. The number of piperidine rings is 1. The molecule has 21 heavy (non-hydrogen) atoms. The molecule has 0 aliphatic carbocycles. The number of hydrogen-bond donors (Lipinski definition) is 1. The molecule has 1 aromatic carbocycles. The van der Waals surface area contributed by atoms with Crippen LogP contribution < -0.4 is 15.4 Å². The minimum Gasteiger partial charge on any atom is -0.497 e. The Balaban J connectivity index is 1.90. The van der Waals surface area contributed by atoms with Crippen molar-refractivity contribution in [2.75, 3.05) is 25.1 Å². The average molecular weight is 285 g/mol. The van der Waals surface area contributed by atoms with E-state index in [2.05, 4.69) is 28.9 Å². The molecule has 2 aromatic rings. The van der Waals surface area contributed by atoms with E-state index in [1.807, 2.05) is 18.3 Å². The van der Waals surface area contributed by atoms with Crippen molar-refractivity contribution >= 4 is 16.6 Å². The summed E-state index contributed by atoms with van der Waals surface area (Å²) in [6.45, 7) is 4.16. The summed E-state index contributed by atoms with van der Waals surface area (Å²) in [7, 11) is 1.70. The molecule has 3 rings (SSSR count). The summed E-state index contributed by atoms with van der Waals surface area (Å²) < 4.78 is 5.35. The first kappa shape index (κ1) is 14.1. The van der Waals surface area contributed by atoms with Gasteiger partial charge >= 0.3 is 0 Å². The van der Waals surface area contributed by atoms with Gasteiger partial charge in [-0.25, -0.2) is 4.98 Å². The van der Waals surface area contributed by atoms with Crippen molar-refractivity contribution in [2.24, 2.45) is 11.7 Å². The molecule has 0 saturated carbocycles. The third kappa shape index (κ3) is 2.81. The lowest BCUT2D eigenvalue weighted by Crippen LogP contribution is -2.40. The number of aromatic nitrogens is 1. The van der Waals surface area contributed by atoms with Crippen LogP contribution in [0.5, 0.6) is 5.75 Å². The smallest absolute Gasteiger partial charge is 0.136 e. The molecule has 1 aromatic heterocycles. The van der Waals surface area contributed by atoms with Gasteiger partial charge in [0.05, 0.1) is 7.11 Å². The molecule has 2 heterocycles. The molecular weight excluding hydrogens is 262 g/mol. The van der Waals surface area contributed by atoms with Crippen molar-refractivity contribution < 1.29 is 4.74 Å². The number of fused-ring (bicyclic) bond motifs is 1. The second-order valence-electron chi connectivity index (χ2n) is 5.91. The Morgan fingerprint density at radius 2 is 2.05 bits per heavy atom. The maximum Gasteiger partial charge on any atom is 0.136 e. The molecule has 1 saturated heterocycles. The van der Waals surface area contributed by atoms with E-state index in [9.17, 15) is 0 Å². The number of benzene rings is 1. The van der Waals surface area contributed by atoms with Crippen LogP contribution in [0.4, 0.5) is 5.82 Å². The number of hydrogen-bond acceptors (Lipinski definition) is 4. The monoisotopic (exact) mass is 285 g/mol. The molecule has 0 bridgehead atoms. The molecule has 0 spiro atoms. The lowest BCUT2D eigenvalue weighted by Gasteiger charge is -2.35. The van der Waals surface area contributed by atoms with Crippen molar-refractivity contribution in [3.8, 4) is 5.75 Å². The van der Waals surface area contributed by atoms with Crippen LogP contribution in [0.25, 0.3) is 10.8 Å². The fraction of sp³-hybridized carbons (Fsp3) is 0.471. The third-order valence-corrected chi connectivity index (χ3v) is 4.53. The zero-order valence-electron chi connectivity index (χ0n) is 12.7. The van der Waals surface area contributed by atoms with Crippen LogP contribution in [0.3, 0.4) is 0 Å². The van der Waals surface area contributed by atoms with Crippen molar-refractivity contribution in [1.29, 1.82) is 0 Å². The highest BCUT2D eigenvalue weighted by Gasteiger charge is 2.23. The lowest BCUT2D eigenvalue weighted by molar-refractivity contribution is 0.354. The van der Waals surface area contributed by atoms with Gasteiger partial charge in [0.1, 0.15) is 11.6 Å². The molecule has 4 heteroatoms. The van der Waals surface area contributed by atoms with Crippen LogP contribution in [0.2, 0.25) is 0 Å². The van der Waals surface area contributed by atoms with E-state index in [0.29, 0.717) is 5.92 Å². The van der Waals surface area contributed by atoms with E-state index in [0.717, 1.165) is 42.9 Å². The fourth-order valence-corrected chi connectivity index (χ4v) is 3.15. The van der Waals surface area contributed by atoms with Gasteiger partial charge in [-0.05, 0) is 49.3 Å². The van der Waals surface area contributed by atoms with Crippen molar-refractivity contribution in [2.45, 2.75) is 25.8 Å². The van der Waals surface area contributed by atoms with Crippen LogP contribution in [-0.4, -0.2) is 31.2 Å². The first-order valence-corrected chi connectivity index (χ1v) is 7.62. The number of nitrogens with zero attached hydrogens (tertiary/aromatic N) is 2. The van der Waals surface area contributed by atoms with Gasteiger partial charge in [-0.1, -0.05) is 6.07 Å². The Labute approximate surface area is 125 Å². The minimum absolute atomic E-state index is 0.285. The second kappa shape index (κ2) is 5.90. The molecule has 4 nitrogen and oxygen atoms in total. The summed E-state index contributed by atoms with van der Waals surface area (Å²) in [5, 5.41) is 2.37. The van der Waals surface area contributed by atoms with E-state index in [1.165, 1.54) is 5.39 Å². The van der Waals surface area contributed by atoms with E-state index >= 15 is 0 Å². The molecule has 1 atom stereocenters. The summed E-state index contributed by atoms with van der Waals surface area (Å²) in [6, 6.07) is 8.50. The number of anilines is 1. The normalized spacial score (nSPS) is 18.0. The molecule has 1 aliphatic heterocycles. The predicted octanol–water partition coefficient (Wildman–Crippen LogP) is 2.81. The summed E-state index contributed by atoms with van der Waals surface area (Å²) in [6.07, 6.45) is 4.17. The van der Waals surface area contributed by atoms with Crippen molar-refractivity contribution in [1.82, 2.24) is 4.98 Å². The van der Waals surface area contributed by atoms with Gasteiger partial charge < -0.3 is 15.4 Å². The average Bonchev–Trinajstić information content (AvgIpc) is 2.54. The summed E-state index contributed by atoms with van der Waals surface area (Å²) >= 11 is 0. The molecular formula is C17H23N3O. The SMILES string of the molecule is COc1ccc2ccnc(N3CCC(C(C)N)CC3)c2c1. The minimum atomic E-state index is 0.285. The standard InChI is InChI=1S/C17H23N3O/c1-12(18)13-6-9-20(10-7-13)17-16-11-15(21-2)4-3-14(16)5-8-19-17/h3-5,8,11-13H,6-7,9-10,18H2,1-2H3. The van der Waals surface area contributed by atoms with E-state index < -0.39 is 0 Å². The Morgan fingerprint density at radius 3 is 2.71 bits per heavy atom. The molecule has 1 aliphatic rings. The topological polar surface area (TPSA) is 51.4 Å². The predicted molar refractivity (Wildman–Crippen MR) is 86.9 cm³/mol. The lowest BCUT2D eigenvalue weighted by atomic mass is 9.91. The quantitative estimate of drug-likeness (QED) is 0.942. The second-order valence-corrected chi connectivity index (χ2v) is 5.91. The van der Waals surface area contributed by atoms with Crippen LogP contribution in [-0.2, 0) is 0 Å². The van der Waals surface area contributed by atoms with Crippen LogP contribution in [0, 0.1) is 5.92 Å². The maximum atomic E-state index is 6.03. The van der Waals surface area contributed by atoms with Gasteiger partial charge in [-0.15, -0.1) is 0 Å². The van der Waals surface area contributed by atoms with Gasteiger partial charge in [0.15, 0.2) is 0 Å². The van der Waals surface area contributed by atoms with Gasteiger partial charge in [0.2, 0.25) is 0 Å². The summed E-state index contributed by atoms with van der Waals surface area (Å²) in [4.78, 5) is 6.99. The zero-order chi connectivity index (χ0) is 14.8. The Kier molecular flexibility index (Phi) is 3.97. The Morgan fingerprint density at radius 1 is 1.29 bits per heavy atom. The van der Waals surface area contributed by atoms with Crippen molar-refractivity contribution in [3.63, 3.8) is 0 Å². The Hall–Kier alpha value is -1.81. The number of pyridine rings is 1. The van der Waals surface area contributed by atoms with E-state index in [1.54, 1.807) is 7.11 Å². The van der Waals surface area contributed by atoms with Gasteiger partial charge in [0.25, 0.3) is 0 Å². The molecule has 2 N–H and O–H groups in total. The highest BCUT2D eigenvalue weighted by Crippen LogP contribution is 2.31. The van der Waals surface area contributed by atoms with Crippen LogP contribution in [0.15, 0.2) is 30.5 Å². The number of nitrogens with two attached hydrogens (primary N) is 1. The largest absolute Gasteiger partial charge is 0.497 e. The number of ether oxygens (including phenoxy) is 1. The van der Waals surface area contributed by atoms with Crippen LogP contribution in [0.1, 0.15) is 19.8 Å². The fourth-order valence-electron chi connectivity index (χ4n) is 3.15. The molecule has 0 amide bonds. The first-order valence-electron chi connectivity index (χ1n) is 7.62. The van der Waals surface area contributed by atoms with Gasteiger partial charge in [0, 0.05) is 30.7 Å². The summed E-state index contributed by atoms with van der Waals surface area (Å²) in [5.41, 5.74) is 6.03. The molecule has 1 unspecified atom stereocenters. The van der Waals surface area contributed by atoms with Crippen molar-refractivity contribution in [3.05, 3.63) is 30.5 Å². The van der Waals surface area contributed by atoms with Crippen LogP contribution >= 0.6 is 0 Å². The Bertz CT molecular complexity index is 618. The highest BCUT2D eigenvalue weighted by atomic mass is 16.5. The van der Waals surface area contributed by atoms with Gasteiger partial charge in [-0.3, -0.25) is 0 Å². The maximum absolute atomic E-state index is 6.03. The molecule has 0 radical (unpaired) electrons. The highest BCUT2D eigenvalue weighted by molar-refractivity contribution is 5.93. The third-order valence-electron chi connectivity index (χ3n) is 4.53. The first-order chi connectivity index (χ1) is 10.2. The zero-order valence-corrected chi connectivity index (χ0v) is 12.7. The van der Waals surface area contributed by atoms with E-state index in [-0.39, 0.29) is 6.04 Å². The number of methoxy groups -OCH3 is 1. The number of rotatable bonds is 3. The summed E-state index contributed by atoms with van der Waals surface area (Å²) in [5.74, 6) is 2.57. The molecule has 1 fully saturated rings.